The maximum absolute atomic E-state index is 12.4. The SMILES string of the molecule is O=C(Cn1cnc2ccc(Br)cc2c1=O)Nc1cccc(Cl)c1. The summed E-state index contributed by atoms with van der Waals surface area (Å²) in [6.45, 7) is -0.124. The number of nitrogens with one attached hydrogen (secondary N) is 1. The van der Waals surface area contributed by atoms with Gasteiger partial charge in [-0.05, 0) is 36.4 Å². The second kappa shape index (κ2) is 6.52. The van der Waals surface area contributed by atoms with Crippen LogP contribution in [0, 0.1) is 0 Å². The van der Waals surface area contributed by atoms with Crippen LogP contribution in [-0.4, -0.2) is 15.5 Å². The summed E-state index contributed by atoms with van der Waals surface area (Å²) in [5.74, 6) is -0.328. The first-order chi connectivity index (χ1) is 11.0. The number of aromatic nitrogens is 2. The number of halogens is 2. The van der Waals surface area contributed by atoms with Gasteiger partial charge in [0.1, 0.15) is 6.54 Å². The summed E-state index contributed by atoms with van der Waals surface area (Å²) in [6, 6.07) is 12.1. The lowest BCUT2D eigenvalue weighted by atomic mass is 10.2. The topological polar surface area (TPSA) is 64.0 Å². The molecular formula is C16H11BrClN3O2. The van der Waals surface area contributed by atoms with Gasteiger partial charge < -0.3 is 5.32 Å². The molecule has 7 heteroatoms. The molecule has 1 heterocycles. The molecule has 3 aromatic rings. The Balaban J connectivity index is 1.85. The van der Waals surface area contributed by atoms with E-state index in [2.05, 4.69) is 26.2 Å². The molecule has 1 N–H and O–H groups in total. The third-order valence-corrected chi connectivity index (χ3v) is 3.94. The zero-order chi connectivity index (χ0) is 16.4. The highest BCUT2D eigenvalue weighted by molar-refractivity contribution is 9.10. The van der Waals surface area contributed by atoms with Gasteiger partial charge in [0.05, 0.1) is 17.2 Å². The highest BCUT2D eigenvalue weighted by atomic mass is 79.9. The molecule has 1 aromatic heterocycles. The lowest BCUT2D eigenvalue weighted by molar-refractivity contribution is -0.116. The van der Waals surface area contributed by atoms with Crippen molar-refractivity contribution in [2.75, 3.05) is 5.32 Å². The fourth-order valence-corrected chi connectivity index (χ4v) is 2.72. The number of anilines is 1. The van der Waals surface area contributed by atoms with Gasteiger partial charge in [-0.1, -0.05) is 33.6 Å². The average molecular weight is 393 g/mol. The smallest absolute Gasteiger partial charge is 0.261 e. The molecule has 116 valence electrons. The third kappa shape index (κ3) is 3.60. The van der Waals surface area contributed by atoms with E-state index in [0.717, 1.165) is 4.47 Å². The Morgan fingerprint density at radius 2 is 2.09 bits per heavy atom. The van der Waals surface area contributed by atoms with E-state index in [-0.39, 0.29) is 18.0 Å². The van der Waals surface area contributed by atoms with Gasteiger partial charge in [-0.25, -0.2) is 4.98 Å². The van der Waals surface area contributed by atoms with Crippen molar-refractivity contribution in [2.45, 2.75) is 6.54 Å². The highest BCUT2D eigenvalue weighted by Gasteiger charge is 2.09. The van der Waals surface area contributed by atoms with Gasteiger partial charge in [0.2, 0.25) is 5.91 Å². The number of carbonyl (C=O) groups excluding carboxylic acids is 1. The first-order valence-electron chi connectivity index (χ1n) is 6.73. The first-order valence-corrected chi connectivity index (χ1v) is 7.90. The molecule has 0 aliphatic heterocycles. The van der Waals surface area contributed by atoms with Crippen LogP contribution < -0.4 is 10.9 Å². The quantitative estimate of drug-likeness (QED) is 0.742. The minimum Gasteiger partial charge on any atom is -0.324 e. The van der Waals surface area contributed by atoms with Gasteiger partial charge in [-0.3, -0.25) is 14.2 Å². The predicted molar refractivity (Wildman–Crippen MR) is 93.8 cm³/mol. The standard InChI is InChI=1S/C16H11BrClN3O2/c17-10-4-5-14-13(6-10)16(23)21(9-19-14)8-15(22)20-12-3-1-2-11(18)7-12/h1-7,9H,8H2,(H,20,22). The van der Waals surface area contributed by atoms with E-state index in [1.165, 1.54) is 10.9 Å². The van der Waals surface area contributed by atoms with Crippen LogP contribution in [0.3, 0.4) is 0 Å². The highest BCUT2D eigenvalue weighted by Crippen LogP contribution is 2.16. The number of rotatable bonds is 3. The summed E-state index contributed by atoms with van der Waals surface area (Å²) in [5, 5.41) is 3.68. The number of benzene rings is 2. The van der Waals surface area contributed by atoms with Crippen LogP contribution in [0.1, 0.15) is 0 Å². The number of fused-ring (bicyclic) bond motifs is 1. The van der Waals surface area contributed by atoms with Crippen LogP contribution in [0.4, 0.5) is 5.69 Å². The van der Waals surface area contributed by atoms with Gasteiger partial charge in [0.15, 0.2) is 0 Å². The molecule has 0 aliphatic carbocycles. The van der Waals surface area contributed by atoms with Crippen LogP contribution in [0.2, 0.25) is 5.02 Å². The Kier molecular flexibility index (Phi) is 4.45. The molecule has 0 fully saturated rings. The maximum atomic E-state index is 12.4. The normalized spacial score (nSPS) is 10.7. The summed E-state index contributed by atoms with van der Waals surface area (Å²) in [6.07, 6.45) is 1.37. The molecule has 0 unspecified atom stereocenters. The minimum absolute atomic E-state index is 0.124. The Hall–Kier alpha value is -2.18. The zero-order valence-electron chi connectivity index (χ0n) is 11.8. The van der Waals surface area contributed by atoms with Crippen LogP contribution >= 0.6 is 27.5 Å². The van der Waals surface area contributed by atoms with E-state index >= 15 is 0 Å². The summed E-state index contributed by atoms with van der Waals surface area (Å²) < 4.78 is 2.05. The maximum Gasteiger partial charge on any atom is 0.261 e. The molecule has 23 heavy (non-hydrogen) atoms. The Morgan fingerprint density at radius 1 is 1.26 bits per heavy atom. The van der Waals surface area contributed by atoms with Crippen molar-refractivity contribution in [1.29, 1.82) is 0 Å². The molecule has 0 spiro atoms. The van der Waals surface area contributed by atoms with E-state index < -0.39 is 0 Å². The van der Waals surface area contributed by atoms with Crippen molar-refractivity contribution in [3.63, 3.8) is 0 Å². The number of hydrogen-bond acceptors (Lipinski definition) is 3. The Labute approximate surface area is 145 Å². The largest absolute Gasteiger partial charge is 0.324 e. The van der Waals surface area contributed by atoms with Gasteiger partial charge >= 0.3 is 0 Å². The van der Waals surface area contributed by atoms with E-state index in [9.17, 15) is 9.59 Å². The van der Waals surface area contributed by atoms with E-state index in [4.69, 9.17) is 11.6 Å². The monoisotopic (exact) mass is 391 g/mol. The van der Waals surface area contributed by atoms with Gasteiger partial charge in [-0.2, -0.15) is 0 Å². The minimum atomic E-state index is -0.328. The Morgan fingerprint density at radius 3 is 2.87 bits per heavy atom. The second-order valence-electron chi connectivity index (χ2n) is 4.90. The molecule has 2 aromatic carbocycles. The number of hydrogen-bond donors (Lipinski definition) is 1. The fourth-order valence-electron chi connectivity index (χ4n) is 2.17. The van der Waals surface area contributed by atoms with Crippen molar-refractivity contribution in [1.82, 2.24) is 9.55 Å². The lowest BCUT2D eigenvalue weighted by Crippen LogP contribution is -2.27. The molecule has 3 rings (SSSR count). The van der Waals surface area contributed by atoms with E-state index in [1.54, 1.807) is 36.4 Å². The predicted octanol–water partition coefficient (Wildman–Crippen LogP) is 3.45. The molecule has 5 nitrogen and oxygen atoms in total. The fraction of sp³-hybridized carbons (Fsp3) is 0.0625. The van der Waals surface area contributed by atoms with Crippen molar-refractivity contribution in [3.8, 4) is 0 Å². The van der Waals surface area contributed by atoms with Crippen molar-refractivity contribution in [2.24, 2.45) is 0 Å². The summed E-state index contributed by atoms with van der Waals surface area (Å²) in [7, 11) is 0. The van der Waals surface area contributed by atoms with Crippen molar-refractivity contribution in [3.05, 3.63) is 68.6 Å². The molecule has 0 atom stereocenters. The number of carbonyl (C=O) groups is 1. The molecule has 0 aliphatic rings. The molecule has 0 bridgehead atoms. The van der Waals surface area contributed by atoms with Gasteiger partial charge in [0, 0.05) is 15.2 Å². The number of amides is 1. The molecule has 0 saturated carbocycles. The zero-order valence-corrected chi connectivity index (χ0v) is 14.1. The van der Waals surface area contributed by atoms with Crippen LogP contribution in [0.5, 0.6) is 0 Å². The Bertz CT molecular complexity index is 955. The third-order valence-electron chi connectivity index (χ3n) is 3.21. The van der Waals surface area contributed by atoms with E-state index in [0.29, 0.717) is 21.6 Å². The first kappa shape index (κ1) is 15.7. The molecule has 0 radical (unpaired) electrons. The van der Waals surface area contributed by atoms with Crippen LogP contribution in [0.25, 0.3) is 10.9 Å². The average Bonchev–Trinajstić information content (AvgIpc) is 2.50. The molecular weight excluding hydrogens is 382 g/mol. The molecule has 1 amide bonds. The van der Waals surface area contributed by atoms with Crippen LogP contribution in [-0.2, 0) is 11.3 Å². The lowest BCUT2D eigenvalue weighted by Gasteiger charge is -2.08. The summed E-state index contributed by atoms with van der Waals surface area (Å²) >= 11 is 9.20. The van der Waals surface area contributed by atoms with Crippen molar-refractivity contribution >= 4 is 50.0 Å². The van der Waals surface area contributed by atoms with E-state index in [1.807, 2.05) is 6.07 Å². The van der Waals surface area contributed by atoms with Gasteiger partial charge in [-0.15, -0.1) is 0 Å². The molecule has 0 saturated heterocycles. The number of nitrogens with zero attached hydrogens (tertiary/aromatic N) is 2. The van der Waals surface area contributed by atoms with Crippen molar-refractivity contribution < 1.29 is 4.79 Å². The van der Waals surface area contributed by atoms with Gasteiger partial charge in [0.25, 0.3) is 5.56 Å². The second-order valence-corrected chi connectivity index (χ2v) is 6.25. The van der Waals surface area contributed by atoms with Crippen LogP contribution in [0.15, 0.2) is 58.1 Å². The summed E-state index contributed by atoms with van der Waals surface area (Å²) in [4.78, 5) is 28.7. The summed E-state index contributed by atoms with van der Waals surface area (Å²) in [5.41, 5.74) is 0.897.